The predicted molar refractivity (Wildman–Crippen MR) is 160 cm³/mol. The molecule has 0 saturated heterocycles. The molecule has 3 heteroatoms. The van der Waals surface area contributed by atoms with Crippen LogP contribution in [-0.2, 0) is 4.57 Å². The van der Waals surface area contributed by atoms with E-state index in [0.717, 1.165) is 12.6 Å². The van der Waals surface area contributed by atoms with Crippen LogP contribution in [0.5, 0.6) is 0 Å². The van der Waals surface area contributed by atoms with Crippen LogP contribution in [0.25, 0.3) is 0 Å². The molecule has 2 unspecified atom stereocenters. The largest absolute Gasteiger partial charge is 0.286 e. The molecule has 0 amide bonds. The van der Waals surface area contributed by atoms with E-state index in [-0.39, 0.29) is 5.66 Å². The molecule has 0 aromatic carbocycles. The van der Waals surface area contributed by atoms with E-state index < -0.39 is 7.80 Å². The summed E-state index contributed by atoms with van der Waals surface area (Å²) in [4.78, 5) is 4.16. The van der Waals surface area contributed by atoms with Crippen molar-refractivity contribution in [1.29, 1.82) is 0 Å². The molecule has 0 aromatic rings. The first-order chi connectivity index (χ1) is 17.3. The molecule has 1 aliphatic rings. The van der Waals surface area contributed by atoms with Crippen LogP contribution < -0.4 is 0 Å². The van der Waals surface area contributed by atoms with Gasteiger partial charge >= 0.3 is 0 Å². The summed E-state index contributed by atoms with van der Waals surface area (Å²) in [5.41, 5.74) is 0.0320. The van der Waals surface area contributed by atoms with Crippen LogP contribution >= 0.6 is 7.80 Å². The van der Waals surface area contributed by atoms with E-state index in [1.807, 2.05) is 24.4 Å². The topological polar surface area (TPSA) is 29.4 Å². The normalized spacial score (nSPS) is 15.6. The molecular weight excluding hydrogens is 445 g/mol. The zero-order valence-corrected chi connectivity index (χ0v) is 24.3. The van der Waals surface area contributed by atoms with E-state index in [1.165, 1.54) is 148 Å². The van der Waals surface area contributed by atoms with Gasteiger partial charge in [0, 0.05) is 18.6 Å². The lowest BCUT2D eigenvalue weighted by atomic mass is 10.0. The van der Waals surface area contributed by atoms with E-state index >= 15 is 0 Å². The number of hydrogen-bond donors (Lipinski definition) is 0. The Bertz CT molecular complexity index is 538. The van der Waals surface area contributed by atoms with E-state index in [1.54, 1.807) is 6.20 Å². The Morgan fingerprint density at radius 3 is 1.31 bits per heavy atom. The molecular formula is C32H59NOP. The fourth-order valence-electron chi connectivity index (χ4n) is 5.01. The summed E-state index contributed by atoms with van der Waals surface area (Å²) in [6.45, 7) is 2.30. The standard InChI is InChI=1S/C32H59NOP/c1-2-3-4-5-6-7-8-9-10-11-12-13-14-15-16-17-18-19-20-21-22-23-24-27-30-35(34)32-28-25-26-29-33-31-32/h25-26,28-29,31-32H,2-24,27,30H2,1H3. The smallest absolute Gasteiger partial charge is 0.0844 e. The summed E-state index contributed by atoms with van der Waals surface area (Å²) in [6, 6.07) is 0. The maximum Gasteiger partial charge on any atom is 0.0844 e. The number of allylic oxidation sites excluding steroid dienone is 3. The average molecular weight is 505 g/mol. The molecule has 1 heterocycles. The average Bonchev–Trinajstić information content (AvgIpc) is 3.16. The first-order valence-corrected chi connectivity index (χ1v) is 17.2. The zero-order valence-electron chi connectivity index (χ0n) is 23.4. The molecule has 0 aromatic heterocycles. The Balaban J connectivity index is 1.69. The van der Waals surface area contributed by atoms with Crippen molar-refractivity contribution in [3.63, 3.8) is 0 Å². The highest BCUT2D eigenvalue weighted by Gasteiger charge is 2.11. The highest BCUT2D eigenvalue weighted by Crippen LogP contribution is 2.30. The number of nitrogens with zero attached hydrogens (tertiary/aromatic N) is 1. The third kappa shape index (κ3) is 22.2. The third-order valence-electron chi connectivity index (χ3n) is 7.39. The summed E-state index contributed by atoms with van der Waals surface area (Å²) in [5, 5.41) is 0. The fraction of sp³-hybridized carbons (Fsp3) is 0.844. The van der Waals surface area contributed by atoms with Gasteiger partial charge in [-0.15, -0.1) is 0 Å². The second-order valence-electron chi connectivity index (χ2n) is 10.8. The van der Waals surface area contributed by atoms with Crippen molar-refractivity contribution >= 4 is 14.0 Å². The van der Waals surface area contributed by atoms with Gasteiger partial charge in [-0.3, -0.25) is 9.56 Å². The minimum atomic E-state index is -1.19. The third-order valence-corrected chi connectivity index (χ3v) is 9.12. The quantitative estimate of drug-likeness (QED) is 0.0850. The Kier molecular flexibility index (Phi) is 24.3. The van der Waals surface area contributed by atoms with Gasteiger partial charge in [0.1, 0.15) is 0 Å². The minimum Gasteiger partial charge on any atom is -0.286 e. The van der Waals surface area contributed by atoms with Crippen LogP contribution in [0.2, 0.25) is 0 Å². The molecule has 0 fully saturated rings. The van der Waals surface area contributed by atoms with E-state index in [0.29, 0.717) is 0 Å². The molecule has 0 saturated carbocycles. The lowest BCUT2D eigenvalue weighted by Gasteiger charge is -2.06. The summed E-state index contributed by atoms with van der Waals surface area (Å²) in [5.74, 6) is 0. The predicted octanol–water partition coefficient (Wildman–Crippen LogP) is 11.7. The van der Waals surface area contributed by atoms with Gasteiger partial charge in [0.2, 0.25) is 0 Å². The zero-order chi connectivity index (χ0) is 25.1. The van der Waals surface area contributed by atoms with Crippen molar-refractivity contribution in [1.82, 2.24) is 0 Å². The van der Waals surface area contributed by atoms with Gasteiger partial charge in [-0.05, 0) is 12.5 Å². The summed E-state index contributed by atoms with van der Waals surface area (Å²) < 4.78 is 12.4. The Labute approximate surface area is 220 Å². The van der Waals surface area contributed by atoms with Gasteiger partial charge in [0.25, 0.3) is 0 Å². The molecule has 2 atom stereocenters. The van der Waals surface area contributed by atoms with E-state index in [4.69, 9.17) is 0 Å². The van der Waals surface area contributed by atoms with Crippen LogP contribution in [0.4, 0.5) is 0 Å². The molecule has 1 aliphatic heterocycles. The number of unbranched alkanes of at least 4 members (excludes halogenated alkanes) is 23. The lowest BCUT2D eigenvalue weighted by Crippen LogP contribution is -2.01. The van der Waals surface area contributed by atoms with Gasteiger partial charge < -0.3 is 0 Å². The van der Waals surface area contributed by atoms with Gasteiger partial charge in [0.05, 0.1) is 13.5 Å². The van der Waals surface area contributed by atoms with Crippen molar-refractivity contribution in [2.75, 3.05) is 6.16 Å². The van der Waals surface area contributed by atoms with Crippen LogP contribution in [0, 0.1) is 0 Å². The summed E-state index contributed by atoms with van der Waals surface area (Å²) >= 11 is 0. The van der Waals surface area contributed by atoms with Crippen molar-refractivity contribution in [2.45, 2.75) is 167 Å². The lowest BCUT2D eigenvalue weighted by molar-refractivity contribution is 0.517. The molecule has 203 valence electrons. The Morgan fingerprint density at radius 1 is 0.543 bits per heavy atom. The highest BCUT2D eigenvalue weighted by atomic mass is 31.1. The van der Waals surface area contributed by atoms with Crippen molar-refractivity contribution in [3.05, 3.63) is 24.4 Å². The fourth-order valence-corrected chi connectivity index (χ4v) is 6.36. The highest BCUT2D eigenvalue weighted by molar-refractivity contribution is 7.46. The van der Waals surface area contributed by atoms with E-state index in [9.17, 15) is 4.57 Å². The van der Waals surface area contributed by atoms with Gasteiger partial charge in [-0.1, -0.05) is 167 Å². The molecule has 0 bridgehead atoms. The first kappa shape index (κ1) is 32.3. The number of rotatable bonds is 26. The van der Waals surface area contributed by atoms with Crippen LogP contribution in [0.15, 0.2) is 29.4 Å². The van der Waals surface area contributed by atoms with Crippen LogP contribution in [0.1, 0.15) is 161 Å². The van der Waals surface area contributed by atoms with Gasteiger partial charge in [0.15, 0.2) is 0 Å². The van der Waals surface area contributed by atoms with Crippen LogP contribution in [0.3, 0.4) is 0 Å². The van der Waals surface area contributed by atoms with Crippen molar-refractivity contribution in [2.24, 2.45) is 4.99 Å². The monoisotopic (exact) mass is 504 g/mol. The molecule has 1 radical (unpaired) electrons. The van der Waals surface area contributed by atoms with Gasteiger partial charge in [-0.25, -0.2) is 0 Å². The second-order valence-corrected chi connectivity index (χ2v) is 12.7. The number of aliphatic imine (C=N–C) groups is 1. The molecule has 0 spiro atoms. The second kappa shape index (κ2) is 26.3. The van der Waals surface area contributed by atoms with E-state index in [2.05, 4.69) is 11.9 Å². The summed E-state index contributed by atoms with van der Waals surface area (Å²) in [6.07, 6.45) is 44.3. The van der Waals surface area contributed by atoms with Crippen molar-refractivity contribution < 1.29 is 4.57 Å². The molecule has 35 heavy (non-hydrogen) atoms. The van der Waals surface area contributed by atoms with Crippen molar-refractivity contribution in [3.8, 4) is 0 Å². The molecule has 2 nitrogen and oxygen atoms in total. The van der Waals surface area contributed by atoms with Crippen LogP contribution in [-0.4, -0.2) is 18.0 Å². The molecule has 1 rings (SSSR count). The molecule has 0 aliphatic carbocycles. The molecule has 0 N–H and O–H groups in total. The Morgan fingerprint density at radius 2 is 0.914 bits per heavy atom. The SMILES string of the molecule is CCCCCCCCCCCCCCCCCCCCCCCCCC[P](=O)C1C=CC=CN=C1. The number of hydrogen-bond acceptors (Lipinski definition) is 2. The van der Waals surface area contributed by atoms with Gasteiger partial charge in [-0.2, -0.15) is 0 Å². The Hall–Kier alpha value is -0.750. The maximum absolute atomic E-state index is 12.4. The summed E-state index contributed by atoms with van der Waals surface area (Å²) in [7, 11) is -1.19. The minimum absolute atomic E-state index is 0.0320. The first-order valence-electron chi connectivity index (χ1n) is 15.6. The maximum atomic E-state index is 12.4.